The van der Waals surface area contributed by atoms with Crippen LogP contribution in [0.4, 0.5) is 0 Å². The number of aromatic amines is 1. The molecule has 1 amide bonds. The molecule has 4 aromatic rings. The van der Waals surface area contributed by atoms with Gasteiger partial charge in [-0.3, -0.25) is 9.59 Å². The number of aryl methyl sites for hydroxylation is 1. The maximum Gasteiger partial charge on any atom is 0.274 e. The maximum atomic E-state index is 13.3. The van der Waals surface area contributed by atoms with E-state index in [9.17, 15) is 9.59 Å². The predicted octanol–water partition coefficient (Wildman–Crippen LogP) is 3.81. The summed E-state index contributed by atoms with van der Waals surface area (Å²) in [6, 6.07) is 14.6. The molecular weight excluding hydrogens is 378 g/mol. The van der Waals surface area contributed by atoms with Gasteiger partial charge < -0.3 is 10.3 Å². The predicted molar refractivity (Wildman–Crippen MR) is 117 cm³/mol. The molecule has 0 bridgehead atoms. The topological polar surface area (TPSA) is 92.7 Å². The third-order valence-electron chi connectivity index (χ3n) is 5.13. The molecule has 0 unspecified atom stereocenters. The van der Waals surface area contributed by atoms with Crippen molar-refractivity contribution in [1.82, 2.24) is 25.1 Å². The average Bonchev–Trinajstić information content (AvgIpc) is 3.17. The van der Waals surface area contributed by atoms with Gasteiger partial charge in [0.1, 0.15) is 5.82 Å². The number of amides is 1. The van der Waals surface area contributed by atoms with Crippen molar-refractivity contribution in [1.29, 1.82) is 0 Å². The Morgan fingerprint density at radius 3 is 2.50 bits per heavy atom. The van der Waals surface area contributed by atoms with Crippen molar-refractivity contribution in [2.24, 2.45) is 5.92 Å². The Hall–Kier alpha value is -3.48. The summed E-state index contributed by atoms with van der Waals surface area (Å²) in [5, 5.41) is 8.49. The fourth-order valence-electron chi connectivity index (χ4n) is 3.69. The van der Waals surface area contributed by atoms with Crippen LogP contribution in [0.1, 0.15) is 49.5 Å². The first-order valence-electron chi connectivity index (χ1n) is 10.2. The van der Waals surface area contributed by atoms with Gasteiger partial charge >= 0.3 is 0 Å². The number of hydrogen-bond donors (Lipinski definition) is 2. The van der Waals surface area contributed by atoms with E-state index < -0.39 is 0 Å². The molecule has 1 atom stereocenters. The minimum atomic E-state index is -0.320. The number of carbonyl (C=O) groups is 1. The third-order valence-corrected chi connectivity index (χ3v) is 5.13. The molecule has 2 aromatic heterocycles. The highest BCUT2D eigenvalue weighted by Gasteiger charge is 2.23. The molecule has 2 N–H and O–H groups in total. The minimum Gasteiger partial charge on any atom is -0.341 e. The third kappa shape index (κ3) is 3.70. The molecule has 2 heterocycles. The van der Waals surface area contributed by atoms with E-state index in [2.05, 4.69) is 34.2 Å². The first kappa shape index (κ1) is 19.8. The number of benzene rings is 2. The van der Waals surface area contributed by atoms with Crippen molar-refractivity contribution >= 4 is 27.7 Å². The average molecular weight is 403 g/mol. The van der Waals surface area contributed by atoms with Crippen LogP contribution >= 0.6 is 0 Å². The Kier molecular flexibility index (Phi) is 5.35. The van der Waals surface area contributed by atoms with Gasteiger partial charge in [-0.1, -0.05) is 44.2 Å². The van der Waals surface area contributed by atoms with Gasteiger partial charge in [-0.15, -0.1) is 0 Å². The van der Waals surface area contributed by atoms with Crippen LogP contribution in [-0.4, -0.2) is 25.7 Å². The highest BCUT2D eigenvalue weighted by molar-refractivity contribution is 6.04. The van der Waals surface area contributed by atoms with Gasteiger partial charge in [-0.25, -0.2) is 9.67 Å². The van der Waals surface area contributed by atoms with Gasteiger partial charge in [-0.2, -0.15) is 5.10 Å². The Labute approximate surface area is 174 Å². The van der Waals surface area contributed by atoms with E-state index >= 15 is 0 Å². The molecule has 0 spiro atoms. The lowest BCUT2D eigenvalue weighted by Gasteiger charge is -2.19. The summed E-state index contributed by atoms with van der Waals surface area (Å²) >= 11 is 0. The first-order valence-corrected chi connectivity index (χ1v) is 10.2. The summed E-state index contributed by atoms with van der Waals surface area (Å²) in [5.41, 5.74) is 1.84. The van der Waals surface area contributed by atoms with Crippen LogP contribution in [0.3, 0.4) is 0 Å². The molecule has 4 rings (SSSR count). The van der Waals surface area contributed by atoms with Crippen molar-refractivity contribution in [3.63, 3.8) is 0 Å². The largest absolute Gasteiger partial charge is 0.341 e. The molecule has 0 fully saturated rings. The summed E-state index contributed by atoms with van der Waals surface area (Å²) in [6.45, 7) is 6.43. The number of fused-ring (bicyclic) bond motifs is 2. The lowest BCUT2D eigenvalue weighted by molar-refractivity contribution is 0.0924. The minimum absolute atomic E-state index is 0.194. The van der Waals surface area contributed by atoms with E-state index in [1.807, 2.05) is 31.2 Å². The number of rotatable bonds is 6. The van der Waals surface area contributed by atoms with Crippen molar-refractivity contribution in [3.05, 3.63) is 70.4 Å². The number of nitrogens with zero attached hydrogens (tertiary/aromatic N) is 3. The quantitative estimate of drug-likeness (QED) is 0.512. The van der Waals surface area contributed by atoms with Crippen LogP contribution in [0.25, 0.3) is 21.8 Å². The number of para-hydroxylation sites is 2. The van der Waals surface area contributed by atoms with E-state index in [0.717, 1.165) is 17.5 Å². The zero-order valence-electron chi connectivity index (χ0n) is 17.3. The van der Waals surface area contributed by atoms with E-state index in [1.54, 1.807) is 24.3 Å². The number of aromatic nitrogens is 4. The van der Waals surface area contributed by atoms with Crippen molar-refractivity contribution in [3.8, 4) is 0 Å². The molecule has 7 nitrogen and oxygen atoms in total. The molecule has 154 valence electrons. The molecule has 0 aliphatic heterocycles. The molecule has 0 aliphatic rings. The second kappa shape index (κ2) is 8.10. The molecule has 0 saturated carbocycles. The van der Waals surface area contributed by atoms with E-state index in [0.29, 0.717) is 29.1 Å². The zero-order chi connectivity index (χ0) is 21.3. The molecule has 0 saturated heterocycles. The Balaban J connectivity index is 1.74. The van der Waals surface area contributed by atoms with Crippen LogP contribution in [0.5, 0.6) is 0 Å². The first-order chi connectivity index (χ1) is 14.5. The van der Waals surface area contributed by atoms with E-state index in [-0.39, 0.29) is 23.2 Å². The van der Waals surface area contributed by atoms with Crippen LogP contribution in [-0.2, 0) is 6.54 Å². The van der Waals surface area contributed by atoms with Gasteiger partial charge in [0, 0.05) is 11.9 Å². The van der Waals surface area contributed by atoms with Gasteiger partial charge in [0.15, 0.2) is 5.69 Å². The summed E-state index contributed by atoms with van der Waals surface area (Å²) in [5.74, 6) is 0.740. The number of H-pyrrole nitrogens is 1. The fraction of sp³-hybridized carbons (Fsp3) is 0.304. The number of nitrogens with one attached hydrogen (secondary N) is 2. The van der Waals surface area contributed by atoms with Gasteiger partial charge in [0.2, 0.25) is 0 Å². The van der Waals surface area contributed by atoms with Gasteiger partial charge in [-0.05, 0) is 37.5 Å². The normalized spacial score (nSPS) is 12.5. The van der Waals surface area contributed by atoms with Crippen LogP contribution < -0.4 is 10.9 Å². The molecule has 7 heteroatoms. The maximum absolute atomic E-state index is 13.3. The molecular formula is C23H25N5O2. The Morgan fingerprint density at radius 1 is 1.10 bits per heavy atom. The standard InChI is InChI=1S/C23H25N5O2/c1-4-28-23(30)16-10-6-5-9-15(16)20(27-28)22(29)26-19(13-14(2)3)21-24-17-11-7-8-12-18(17)25-21/h5-12,14,19H,4,13H2,1-3H3,(H,24,25)(H,26,29)/t19-/m1/s1. The number of carbonyl (C=O) groups excluding carboxylic acids is 1. The second-order valence-corrected chi connectivity index (χ2v) is 7.81. The highest BCUT2D eigenvalue weighted by Crippen LogP contribution is 2.23. The van der Waals surface area contributed by atoms with Crippen LogP contribution in [0.2, 0.25) is 0 Å². The summed E-state index contributed by atoms with van der Waals surface area (Å²) in [7, 11) is 0. The second-order valence-electron chi connectivity index (χ2n) is 7.81. The SMILES string of the molecule is CCn1nc(C(=O)N[C@H](CC(C)C)c2nc3ccccc3[nH]2)c2ccccc2c1=O. The molecule has 2 aromatic carbocycles. The fourth-order valence-corrected chi connectivity index (χ4v) is 3.69. The number of hydrogen-bond acceptors (Lipinski definition) is 4. The lowest BCUT2D eigenvalue weighted by Crippen LogP contribution is -2.33. The van der Waals surface area contributed by atoms with Crippen LogP contribution in [0, 0.1) is 5.92 Å². The molecule has 0 radical (unpaired) electrons. The Morgan fingerprint density at radius 2 is 1.80 bits per heavy atom. The van der Waals surface area contributed by atoms with E-state index in [1.165, 1.54) is 4.68 Å². The van der Waals surface area contributed by atoms with Crippen molar-refractivity contribution < 1.29 is 4.79 Å². The van der Waals surface area contributed by atoms with Crippen LogP contribution in [0.15, 0.2) is 53.3 Å². The summed E-state index contributed by atoms with van der Waals surface area (Å²) in [4.78, 5) is 33.9. The summed E-state index contributed by atoms with van der Waals surface area (Å²) < 4.78 is 1.33. The van der Waals surface area contributed by atoms with E-state index in [4.69, 9.17) is 0 Å². The van der Waals surface area contributed by atoms with Crippen molar-refractivity contribution in [2.75, 3.05) is 0 Å². The summed E-state index contributed by atoms with van der Waals surface area (Å²) in [6.07, 6.45) is 0.719. The Bertz CT molecular complexity index is 1240. The lowest BCUT2D eigenvalue weighted by atomic mass is 10.0. The monoisotopic (exact) mass is 403 g/mol. The molecule has 0 aliphatic carbocycles. The highest BCUT2D eigenvalue weighted by atomic mass is 16.2. The molecule has 30 heavy (non-hydrogen) atoms. The van der Waals surface area contributed by atoms with Crippen molar-refractivity contribution in [2.45, 2.75) is 39.8 Å². The smallest absolute Gasteiger partial charge is 0.274 e. The van der Waals surface area contributed by atoms with Gasteiger partial charge in [0.25, 0.3) is 11.5 Å². The zero-order valence-corrected chi connectivity index (χ0v) is 17.3. The number of imidazole rings is 1. The van der Waals surface area contributed by atoms with Gasteiger partial charge in [0.05, 0.1) is 22.5 Å².